The quantitative estimate of drug-likeness (QED) is 0.843. The lowest BCUT2D eigenvalue weighted by atomic mass is 9.82. The molecule has 2 bridgehead atoms. The molecule has 0 spiro atoms. The normalized spacial score (nSPS) is 45.3. The number of hydrogen-bond acceptors (Lipinski definition) is 4. The van der Waals surface area contributed by atoms with Crippen molar-refractivity contribution in [2.24, 2.45) is 0 Å². The fourth-order valence-electron chi connectivity index (χ4n) is 3.54. The summed E-state index contributed by atoms with van der Waals surface area (Å²) in [5, 5.41) is 11.1. The van der Waals surface area contributed by atoms with E-state index in [4.69, 9.17) is 9.47 Å². The van der Waals surface area contributed by atoms with Gasteiger partial charge in [0.25, 0.3) is 0 Å². The topological polar surface area (TPSA) is 55.8 Å². The number of fused-ring (bicyclic) bond motifs is 2. The van der Waals surface area contributed by atoms with Crippen LogP contribution < -0.4 is 0 Å². The van der Waals surface area contributed by atoms with Gasteiger partial charge < -0.3 is 14.6 Å². The summed E-state index contributed by atoms with van der Waals surface area (Å²) in [6.07, 6.45) is 5.92. The lowest BCUT2D eigenvalue weighted by Gasteiger charge is -2.43. The third-order valence-corrected chi connectivity index (χ3v) is 6.58. The molecule has 0 radical (unpaired) electrons. The molecule has 3 aliphatic rings. The highest BCUT2D eigenvalue weighted by Crippen LogP contribution is 2.41. The molecule has 3 heterocycles. The van der Waals surface area contributed by atoms with Crippen molar-refractivity contribution < 1.29 is 18.8 Å². The van der Waals surface area contributed by atoms with Gasteiger partial charge in [-0.3, -0.25) is 4.21 Å². The van der Waals surface area contributed by atoms with Gasteiger partial charge in [0.15, 0.2) is 6.29 Å². The van der Waals surface area contributed by atoms with Crippen molar-refractivity contribution in [3.8, 4) is 0 Å². The minimum atomic E-state index is -0.711. The monoisotopic (exact) mass is 274 g/mol. The Morgan fingerprint density at radius 3 is 2.39 bits per heavy atom. The van der Waals surface area contributed by atoms with E-state index >= 15 is 0 Å². The van der Waals surface area contributed by atoms with E-state index in [1.807, 2.05) is 0 Å². The summed E-state index contributed by atoms with van der Waals surface area (Å²) in [7, 11) is -0.711. The molecule has 0 aromatic rings. The van der Waals surface area contributed by atoms with Crippen LogP contribution in [0.3, 0.4) is 0 Å². The Morgan fingerprint density at radius 1 is 1.17 bits per heavy atom. The second-order valence-electron chi connectivity index (χ2n) is 5.85. The first kappa shape index (κ1) is 13.0. The summed E-state index contributed by atoms with van der Waals surface area (Å²) < 4.78 is 22.9. The molecule has 4 nitrogen and oxygen atoms in total. The van der Waals surface area contributed by atoms with Crippen molar-refractivity contribution in [2.45, 2.75) is 67.3 Å². The SMILES string of the molecule is O=S1C2CCCC1CC(O)(CCC1OCCO1)C2. The van der Waals surface area contributed by atoms with Gasteiger partial charge in [-0.05, 0) is 32.1 Å². The van der Waals surface area contributed by atoms with Crippen LogP contribution in [0.5, 0.6) is 0 Å². The van der Waals surface area contributed by atoms with E-state index in [9.17, 15) is 9.32 Å². The van der Waals surface area contributed by atoms with Crippen LogP contribution >= 0.6 is 0 Å². The lowest BCUT2D eigenvalue weighted by molar-refractivity contribution is -0.0727. The van der Waals surface area contributed by atoms with E-state index in [2.05, 4.69) is 0 Å². The van der Waals surface area contributed by atoms with Gasteiger partial charge >= 0.3 is 0 Å². The molecule has 3 rings (SSSR count). The standard InChI is InChI=1S/C13H22O4S/c14-13(5-4-12-16-6-7-17-12)8-10-2-1-3-11(9-13)18(10)15/h10-12,14H,1-9H2. The van der Waals surface area contributed by atoms with Crippen LogP contribution in [-0.2, 0) is 20.3 Å². The molecule has 1 N–H and O–H groups in total. The summed E-state index contributed by atoms with van der Waals surface area (Å²) in [6.45, 7) is 1.33. The molecule has 0 amide bonds. The fourth-order valence-corrected chi connectivity index (χ4v) is 5.83. The molecule has 0 aliphatic carbocycles. The average Bonchev–Trinajstić information content (AvgIpc) is 2.82. The largest absolute Gasteiger partial charge is 0.390 e. The van der Waals surface area contributed by atoms with Crippen LogP contribution in [-0.4, -0.2) is 44.9 Å². The molecule has 5 heteroatoms. The Morgan fingerprint density at radius 2 is 1.78 bits per heavy atom. The second-order valence-corrected chi connectivity index (χ2v) is 7.84. The maximum absolute atomic E-state index is 12.1. The molecule has 0 aromatic heterocycles. The molecule has 0 saturated carbocycles. The van der Waals surface area contributed by atoms with Crippen LogP contribution in [0.4, 0.5) is 0 Å². The molecule has 2 atom stereocenters. The summed E-state index contributed by atoms with van der Waals surface area (Å²) >= 11 is 0. The Labute approximate surface area is 110 Å². The highest BCUT2D eigenvalue weighted by atomic mass is 32.2. The smallest absolute Gasteiger partial charge is 0.157 e. The Kier molecular flexibility index (Phi) is 3.76. The van der Waals surface area contributed by atoms with Crippen molar-refractivity contribution in [3.63, 3.8) is 0 Å². The van der Waals surface area contributed by atoms with Gasteiger partial charge in [0.2, 0.25) is 0 Å². The van der Waals surface area contributed by atoms with Gasteiger partial charge in [-0.2, -0.15) is 0 Å². The molecular weight excluding hydrogens is 252 g/mol. The summed E-state index contributed by atoms with van der Waals surface area (Å²) in [5.41, 5.74) is -0.640. The Hall–Kier alpha value is 0.0300. The summed E-state index contributed by atoms with van der Waals surface area (Å²) in [6, 6.07) is 0. The van der Waals surface area contributed by atoms with Crippen LogP contribution in [0.25, 0.3) is 0 Å². The lowest BCUT2D eigenvalue weighted by Crippen LogP contribution is -2.49. The van der Waals surface area contributed by atoms with E-state index in [-0.39, 0.29) is 16.8 Å². The van der Waals surface area contributed by atoms with Crippen molar-refractivity contribution in [2.75, 3.05) is 13.2 Å². The molecule has 3 saturated heterocycles. The number of hydrogen-bond donors (Lipinski definition) is 1. The highest BCUT2D eigenvalue weighted by Gasteiger charge is 2.45. The number of aliphatic hydroxyl groups is 1. The van der Waals surface area contributed by atoms with E-state index in [0.717, 1.165) is 19.3 Å². The van der Waals surface area contributed by atoms with Crippen LogP contribution in [0.15, 0.2) is 0 Å². The maximum atomic E-state index is 12.1. The number of rotatable bonds is 3. The zero-order chi connectivity index (χ0) is 12.6. The zero-order valence-electron chi connectivity index (χ0n) is 10.7. The van der Waals surface area contributed by atoms with E-state index in [1.54, 1.807) is 0 Å². The van der Waals surface area contributed by atoms with Gasteiger partial charge in [0, 0.05) is 27.7 Å². The van der Waals surface area contributed by atoms with Gasteiger partial charge in [-0.15, -0.1) is 0 Å². The molecule has 2 unspecified atom stereocenters. The predicted molar refractivity (Wildman–Crippen MR) is 68.7 cm³/mol. The van der Waals surface area contributed by atoms with Crippen molar-refractivity contribution in [1.29, 1.82) is 0 Å². The van der Waals surface area contributed by atoms with Gasteiger partial charge in [0.1, 0.15) is 0 Å². The molecule has 3 aliphatic heterocycles. The number of ether oxygens (including phenoxy) is 2. The van der Waals surface area contributed by atoms with Crippen LogP contribution in [0, 0.1) is 0 Å². The van der Waals surface area contributed by atoms with Crippen LogP contribution in [0.2, 0.25) is 0 Å². The molecule has 104 valence electrons. The van der Waals surface area contributed by atoms with E-state index in [1.165, 1.54) is 6.42 Å². The van der Waals surface area contributed by atoms with Crippen molar-refractivity contribution >= 4 is 10.8 Å². The molecule has 18 heavy (non-hydrogen) atoms. The molecular formula is C13H22O4S. The Balaban J connectivity index is 1.58. The minimum absolute atomic E-state index is 0.138. The van der Waals surface area contributed by atoms with Crippen molar-refractivity contribution in [1.82, 2.24) is 0 Å². The van der Waals surface area contributed by atoms with Gasteiger partial charge in [0.05, 0.1) is 18.8 Å². The third kappa shape index (κ3) is 2.64. The van der Waals surface area contributed by atoms with E-state index in [0.29, 0.717) is 32.5 Å². The first-order chi connectivity index (χ1) is 8.66. The third-order valence-electron chi connectivity index (χ3n) is 4.46. The zero-order valence-corrected chi connectivity index (χ0v) is 11.5. The van der Waals surface area contributed by atoms with Crippen LogP contribution in [0.1, 0.15) is 44.9 Å². The first-order valence-corrected chi connectivity index (χ1v) is 8.29. The van der Waals surface area contributed by atoms with Gasteiger partial charge in [-0.25, -0.2) is 0 Å². The fraction of sp³-hybridized carbons (Fsp3) is 1.00. The van der Waals surface area contributed by atoms with Crippen molar-refractivity contribution in [3.05, 3.63) is 0 Å². The minimum Gasteiger partial charge on any atom is -0.390 e. The highest BCUT2D eigenvalue weighted by molar-refractivity contribution is 7.86. The molecule has 0 aromatic carbocycles. The molecule has 3 fully saturated rings. The summed E-state index contributed by atoms with van der Waals surface area (Å²) in [5.74, 6) is 0. The maximum Gasteiger partial charge on any atom is 0.157 e. The Bertz CT molecular complexity index is 311. The summed E-state index contributed by atoms with van der Waals surface area (Å²) in [4.78, 5) is 0. The second kappa shape index (κ2) is 5.19. The van der Waals surface area contributed by atoms with E-state index < -0.39 is 16.4 Å². The van der Waals surface area contributed by atoms with Gasteiger partial charge in [-0.1, -0.05) is 6.42 Å². The first-order valence-electron chi connectivity index (χ1n) is 7.01. The predicted octanol–water partition coefficient (Wildman–Crippen LogP) is 1.33. The average molecular weight is 274 g/mol.